The molecule has 0 radical (unpaired) electrons. The van der Waals surface area contributed by atoms with E-state index in [0.29, 0.717) is 11.1 Å². The first-order chi connectivity index (χ1) is 16.7. The second kappa shape index (κ2) is 9.47. The number of cyclic esters (lactones) is 1. The van der Waals surface area contributed by atoms with Gasteiger partial charge in [0.1, 0.15) is 6.04 Å². The predicted molar refractivity (Wildman–Crippen MR) is 128 cm³/mol. The molecule has 2 aromatic carbocycles. The summed E-state index contributed by atoms with van der Waals surface area (Å²) in [5.74, 6) is -3.12. The standard InChI is InChI=1S/C27H25N3O5/c1-27(2)16-35-26(34)24(27)29-25(33)22(13-23(31)32)20-11-12-30(15-20)21-9-7-19(8-10-21)18-5-3-17(14-28)4-6-18/h3-12,15,22,24H,13,16H2,1-2H3,(H,29,33)(H,31,32)/t22-,24+/m0/s1. The number of amides is 1. The highest BCUT2D eigenvalue weighted by atomic mass is 16.5. The van der Waals surface area contributed by atoms with Crippen LogP contribution in [0.4, 0.5) is 0 Å². The number of ether oxygens (including phenoxy) is 1. The van der Waals surface area contributed by atoms with Gasteiger partial charge in [-0.15, -0.1) is 0 Å². The van der Waals surface area contributed by atoms with Crippen molar-refractivity contribution in [1.29, 1.82) is 5.26 Å². The maximum absolute atomic E-state index is 13.0. The SMILES string of the molecule is CC1(C)COC(=O)[C@H]1NC(=O)[C@@H](CC(=O)O)c1ccn(-c2ccc(-c3ccc(C#N)cc3)cc2)c1. The van der Waals surface area contributed by atoms with Gasteiger partial charge in [-0.1, -0.05) is 38.1 Å². The molecule has 0 unspecified atom stereocenters. The molecule has 1 aliphatic rings. The second-order valence-corrected chi connectivity index (χ2v) is 9.28. The lowest BCUT2D eigenvalue weighted by molar-refractivity contribution is -0.142. The molecular formula is C27H25N3O5. The first-order valence-corrected chi connectivity index (χ1v) is 11.2. The van der Waals surface area contributed by atoms with Gasteiger partial charge < -0.3 is 19.7 Å². The van der Waals surface area contributed by atoms with Crippen LogP contribution in [0.25, 0.3) is 16.8 Å². The van der Waals surface area contributed by atoms with Gasteiger partial charge in [-0.2, -0.15) is 5.26 Å². The molecule has 178 valence electrons. The summed E-state index contributed by atoms with van der Waals surface area (Å²) in [5, 5.41) is 21.1. The monoisotopic (exact) mass is 471 g/mol. The molecule has 3 aromatic rings. The second-order valence-electron chi connectivity index (χ2n) is 9.28. The van der Waals surface area contributed by atoms with Crippen molar-refractivity contribution in [2.24, 2.45) is 5.41 Å². The molecule has 8 heteroatoms. The number of hydrogen-bond donors (Lipinski definition) is 2. The molecule has 4 rings (SSSR count). The van der Waals surface area contributed by atoms with Gasteiger partial charge >= 0.3 is 11.9 Å². The molecule has 1 amide bonds. The van der Waals surface area contributed by atoms with E-state index in [1.54, 1.807) is 30.6 Å². The van der Waals surface area contributed by atoms with Gasteiger partial charge in [0, 0.05) is 23.5 Å². The molecule has 35 heavy (non-hydrogen) atoms. The van der Waals surface area contributed by atoms with Gasteiger partial charge in [0.25, 0.3) is 0 Å². The number of carbonyl (C=O) groups is 3. The Morgan fingerprint density at radius 2 is 1.77 bits per heavy atom. The largest absolute Gasteiger partial charge is 0.481 e. The van der Waals surface area contributed by atoms with Crippen LogP contribution in [0.15, 0.2) is 67.0 Å². The van der Waals surface area contributed by atoms with Crippen molar-refractivity contribution in [3.8, 4) is 22.9 Å². The van der Waals surface area contributed by atoms with Crippen molar-refractivity contribution in [2.75, 3.05) is 6.61 Å². The summed E-state index contributed by atoms with van der Waals surface area (Å²) in [6, 6.07) is 18.0. The highest BCUT2D eigenvalue weighted by Gasteiger charge is 2.45. The Morgan fingerprint density at radius 1 is 1.14 bits per heavy atom. The topological polar surface area (TPSA) is 121 Å². The first kappa shape index (κ1) is 23.8. The molecule has 0 bridgehead atoms. The third kappa shape index (κ3) is 5.09. The molecule has 2 N–H and O–H groups in total. The number of aliphatic carboxylic acids is 1. The Morgan fingerprint density at radius 3 is 2.31 bits per heavy atom. The molecular weight excluding hydrogens is 446 g/mol. The van der Waals surface area contributed by atoms with Crippen molar-refractivity contribution in [2.45, 2.75) is 32.2 Å². The van der Waals surface area contributed by atoms with Crippen LogP contribution in [0.3, 0.4) is 0 Å². The fraction of sp³-hybridized carbons (Fsp3) is 0.259. The number of aromatic nitrogens is 1. The number of rotatable bonds is 7. The Bertz CT molecular complexity index is 1300. The normalized spacial score (nSPS) is 17.3. The van der Waals surface area contributed by atoms with E-state index in [9.17, 15) is 19.5 Å². The molecule has 1 aliphatic heterocycles. The number of nitrogens with one attached hydrogen (secondary N) is 1. The lowest BCUT2D eigenvalue weighted by Gasteiger charge is -2.24. The summed E-state index contributed by atoms with van der Waals surface area (Å²) < 4.78 is 6.89. The van der Waals surface area contributed by atoms with E-state index in [2.05, 4.69) is 11.4 Å². The van der Waals surface area contributed by atoms with Gasteiger partial charge in [0.05, 0.1) is 30.6 Å². The lowest BCUT2D eigenvalue weighted by Crippen LogP contribution is -2.48. The molecule has 8 nitrogen and oxygen atoms in total. The maximum atomic E-state index is 13.0. The molecule has 0 aliphatic carbocycles. The smallest absolute Gasteiger partial charge is 0.329 e. The number of esters is 1. The van der Waals surface area contributed by atoms with Crippen LogP contribution in [-0.2, 0) is 19.1 Å². The van der Waals surface area contributed by atoms with Gasteiger partial charge in [-0.05, 0) is 47.0 Å². The molecule has 1 fully saturated rings. The molecule has 0 spiro atoms. The van der Waals surface area contributed by atoms with Crippen molar-refractivity contribution in [3.63, 3.8) is 0 Å². The number of hydrogen-bond acceptors (Lipinski definition) is 5. The molecule has 1 aromatic heterocycles. The van der Waals surface area contributed by atoms with Crippen LogP contribution in [0.1, 0.15) is 37.3 Å². The number of carboxylic acid groups (broad SMARTS) is 1. The molecule has 2 atom stereocenters. The molecule has 2 heterocycles. The summed E-state index contributed by atoms with van der Waals surface area (Å²) >= 11 is 0. The summed E-state index contributed by atoms with van der Waals surface area (Å²) in [6.07, 6.45) is 3.08. The van der Waals surface area contributed by atoms with Crippen molar-refractivity contribution in [3.05, 3.63) is 78.1 Å². The predicted octanol–water partition coefficient (Wildman–Crippen LogP) is 3.64. The minimum atomic E-state index is -1.11. The van der Waals surface area contributed by atoms with E-state index in [-0.39, 0.29) is 6.61 Å². The molecule has 1 saturated heterocycles. The number of carboxylic acids is 1. The fourth-order valence-corrected chi connectivity index (χ4v) is 4.12. The zero-order chi connectivity index (χ0) is 25.2. The van der Waals surface area contributed by atoms with Crippen molar-refractivity contribution < 1.29 is 24.2 Å². The van der Waals surface area contributed by atoms with E-state index < -0.39 is 41.6 Å². The van der Waals surface area contributed by atoms with Crippen LogP contribution in [0.5, 0.6) is 0 Å². The maximum Gasteiger partial charge on any atom is 0.329 e. The average molecular weight is 472 g/mol. The summed E-state index contributed by atoms with van der Waals surface area (Å²) in [6.45, 7) is 3.81. The number of carbonyl (C=O) groups excluding carboxylic acids is 2. The highest BCUT2D eigenvalue weighted by molar-refractivity contribution is 5.92. The van der Waals surface area contributed by atoms with Crippen LogP contribution >= 0.6 is 0 Å². The van der Waals surface area contributed by atoms with Crippen molar-refractivity contribution in [1.82, 2.24) is 9.88 Å². The third-order valence-electron chi connectivity index (χ3n) is 6.22. The summed E-state index contributed by atoms with van der Waals surface area (Å²) in [5.41, 5.74) is 3.35. The summed E-state index contributed by atoms with van der Waals surface area (Å²) in [4.78, 5) is 36.6. The van der Waals surface area contributed by atoms with E-state index >= 15 is 0 Å². The minimum Gasteiger partial charge on any atom is -0.481 e. The first-order valence-electron chi connectivity index (χ1n) is 11.2. The Labute approximate surface area is 202 Å². The van der Waals surface area contributed by atoms with E-state index in [0.717, 1.165) is 16.8 Å². The van der Waals surface area contributed by atoms with Gasteiger partial charge in [-0.25, -0.2) is 4.79 Å². The van der Waals surface area contributed by atoms with Crippen LogP contribution in [-0.4, -0.2) is 40.2 Å². The van der Waals surface area contributed by atoms with E-state index in [1.165, 1.54) is 0 Å². The number of benzene rings is 2. The zero-order valence-electron chi connectivity index (χ0n) is 19.4. The quantitative estimate of drug-likeness (QED) is 0.508. The van der Waals surface area contributed by atoms with Crippen LogP contribution in [0.2, 0.25) is 0 Å². The minimum absolute atomic E-state index is 0.190. The lowest BCUT2D eigenvalue weighted by atomic mass is 9.86. The number of nitrogens with zero attached hydrogens (tertiary/aromatic N) is 2. The van der Waals surface area contributed by atoms with Gasteiger partial charge in [0.15, 0.2) is 0 Å². The number of nitriles is 1. The van der Waals surface area contributed by atoms with E-state index in [1.807, 2.05) is 54.8 Å². The molecule has 0 saturated carbocycles. The van der Waals surface area contributed by atoms with Gasteiger partial charge in [0.2, 0.25) is 5.91 Å². The van der Waals surface area contributed by atoms with Crippen molar-refractivity contribution >= 4 is 17.8 Å². The summed E-state index contributed by atoms with van der Waals surface area (Å²) in [7, 11) is 0. The van der Waals surface area contributed by atoms with Gasteiger partial charge in [-0.3, -0.25) is 9.59 Å². The van der Waals surface area contributed by atoms with E-state index in [4.69, 9.17) is 10.00 Å². The third-order valence-corrected chi connectivity index (χ3v) is 6.22. The van der Waals surface area contributed by atoms with Crippen LogP contribution < -0.4 is 5.32 Å². The highest BCUT2D eigenvalue weighted by Crippen LogP contribution is 2.30. The Balaban J connectivity index is 1.54. The average Bonchev–Trinajstić information content (AvgIpc) is 3.43. The van der Waals surface area contributed by atoms with Crippen LogP contribution in [0, 0.1) is 16.7 Å². The zero-order valence-corrected chi connectivity index (χ0v) is 19.4. The Hall–Kier alpha value is -4.38. The Kier molecular flexibility index (Phi) is 6.43. The fourth-order valence-electron chi connectivity index (χ4n) is 4.12.